The number of benzene rings is 1. The molecule has 0 unspecified atom stereocenters. The van der Waals surface area contributed by atoms with Crippen LogP contribution in [-0.2, 0) is 0 Å². The van der Waals surface area contributed by atoms with Crippen LogP contribution in [-0.4, -0.2) is 30.4 Å². The Bertz CT molecular complexity index is 426. The van der Waals surface area contributed by atoms with Gasteiger partial charge in [-0.2, -0.15) is 0 Å². The number of hydrogen-bond acceptors (Lipinski definition) is 3. The van der Waals surface area contributed by atoms with E-state index in [2.05, 4.69) is 26.6 Å². The van der Waals surface area contributed by atoms with Gasteiger partial charge in [-0.15, -0.1) is 0 Å². The number of urea groups is 1. The van der Waals surface area contributed by atoms with E-state index >= 15 is 0 Å². The standard InChI is InChI=1S/C13H19BrN2O3/c1-3-19-12-5-4-10(14)8-11(12)16-13(18)15-9(2)6-7-17/h4-5,8-9,17H,3,6-7H2,1-2H3,(H2,15,16,18)/t9-/m0/s1. The molecule has 0 aliphatic heterocycles. The minimum absolute atomic E-state index is 0.0442. The zero-order chi connectivity index (χ0) is 14.3. The van der Waals surface area contributed by atoms with E-state index in [0.29, 0.717) is 24.5 Å². The van der Waals surface area contributed by atoms with Gasteiger partial charge in [0.2, 0.25) is 0 Å². The lowest BCUT2D eigenvalue weighted by Gasteiger charge is -2.15. The van der Waals surface area contributed by atoms with Crippen LogP contribution in [0.2, 0.25) is 0 Å². The van der Waals surface area contributed by atoms with Crippen molar-refractivity contribution in [2.24, 2.45) is 0 Å². The highest BCUT2D eigenvalue weighted by Crippen LogP contribution is 2.28. The summed E-state index contributed by atoms with van der Waals surface area (Å²) in [6.07, 6.45) is 0.518. The van der Waals surface area contributed by atoms with Crippen molar-refractivity contribution in [3.63, 3.8) is 0 Å². The molecule has 0 aliphatic carbocycles. The van der Waals surface area contributed by atoms with E-state index in [4.69, 9.17) is 9.84 Å². The topological polar surface area (TPSA) is 70.6 Å². The Balaban J connectivity index is 2.69. The highest BCUT2D eigenvalue weighted by atomic mass is 79.9. The molecule has 3 N–H and O–H groups in total. The van der Waals surface area contributed by atoms with Crippen molar-refractivity contribution in [3.8, 4) is 5.75 Å². The molecular weight excluding hydrogens is 312 g/mol. The summed E-state index contributed by atoms with van der Waals surface area (Å²) in [5.74, 6) is 0.621. The summed E-state index contributed by atoms with van der Waals surface area (Å²) in [5.41, 5.74) is 0.602. The fourth-order valence-corrected chi connectivity index (χ4v) is 1.89. The van der Waals surface area contributed by atoms with E-state index in [1.807, 2.05) is 19.9 Å². The fraction of sp³-hybridized carbons (Fsp3) is 0.462. The molecule has 2 amide bonds. The predicted octanol–water partition coefficient (Wildman–Crippen LogP) is 2.74. The Labute approximate surface area is 121 Å². The van der Waals surface area contributed by atoms with Crippen LogP contribution >= 0.6 is 15.9 Å². The number of aliphatic hydroxyl groups excluding tert-OH is 1. The molecule has 0 radical (unpaired) electrons. The minimum Gasteiger partial charge on any atom is -0.492 e. The second-order valence-electron chi connectivity index (χ2n) is 4.09. The summed E-state index contributed by atoms with van der Waals surface area (Å²) >= 11 is 3.35. The first-order valence-electron chi connectivity index (χ1n) is 6.17. The van der Waals surface area contributed by atoms with E-state index in [9.17, 15) is 4.79 Å². The maximum Gasteiger partial charge on any atom is 0.319 e. The molecule has 0 bridgehead atoms. The third-order valence-corrected chi connectivity index (χ3v) is 2.92. The molecule has 0 aromatic heterocycles. The number of nitrogens with one attached hydrogen (secondary N) is 2. The quantitative estimate of drug-likeness (QED) is 0.751. The number of hydrogen-bond donors (Lipinski definition) is 3. The van der Waals surface area contributed by atoms with E-state index in [0.717, 1.165) is 4.47 Å². The third-order valence-electron chi connectivity index (χ3n) is 2.43. The molecule has 1 aromatic rings. The van der Waals surface area contributed by atoms with Gasteiger partial charge in [-0.25, -0.2) is 4.79 Å². The number of aliphatic hydroxyl groups is 1. The van der Waals surface area contributed by atoms with Crippen molar-refractivity contribution < 1.29 is 14.6 Å². The number of halogens is 1. The van der Waals surface area contributed by atoms with Crippen molar-refractivity contribution in [2.45, 2.75) is 26.3 Å². The first kappa shape index (κ1) is 15.8. The number of rotatable bonds is 6. The van der Waals surface area contributed by atoms with Crippen molar-refractivity contribution in [1.82, 2.24) is 5.32 Å². The molecule has 1 aromatic carbocycles. The highest BCUT2D eigenvalue weighted by Gasteiger charge is 2.10. The number of carbonyl (C=O) groups is 1. The van der Waals surface area contributed by atoms with Crippen molar-refractivity contribution in [3.05, 3.63) is 22.7 Å². The smallest absolute Gasteiger partial charge is 0.319 e. The molecule has 0 saturated carbocycles. The van der Waals surface area contributed by atoms with Crippen LogP contribution in [0.15, 0.2) is 22.7 Å². The maximum atomic E-state index is 11.8. The second kappa shape index (κ2) is 8.01. The van der Waals surface area contributed by atoms with Gasteiger partial charge >= 0.3 is 6.03 Å². The maximum absolute atomic E-state index is 11.8. The lowest BCUT2D eigenvalue weighted by molar-refractivity contribution is 0.241. The van der Waals surface area contributed by atoms with E-state index < -0.39 is 0 Å². The molecule has 1 atom stereocenters. The molecular formula is C13H19BrN2O3. The van der Waals surface area contributed by atoms with E-state index in [1.54, 1.807) is 12.1 Å². The highest BCUT2D eigenvalue weighted by molar-refractivity contribution is 9.10. The van der Waals surface area contributed by atoms with Crippen LogP contribution in [0.25, 0.3) is 0 Å². The molecule has 19 heavy (non-hydrogen) atoms. The summed E-state index contributed by atoms with van der Waals surface area (Å²) in [4.78, 5) is 11.8. The van der Waals surface area contributed by atoms with Crippen LogP contribution in [0.5, 0.6) is 5.75 Å². The molecule has 0 saturated heterocycles. The van der Waals surface area contributed by atoms with Crippen LogP contribution in [0.3, 0.4) is 0 Å². The first-order valence-corrected chi connectivity index (χ1v) is 6.96. The van der Waals surface area contributed by atoms with Gasteiger partial charge < -0.3 is 20.5 Å². The average Bonchev–Trinajstić information content (AvgIpc) is 2.32. The first-order chi connectivity index (χ1) is 9.06. The van der Waals surface area contributed by atoms with Gasteiger partial charge in [0, 0.05) is 17.1 Å². The van der Waals surface area contributed by atoms with Gasteiger partial charge in [0.05, 0.1) is 12.3 Å². The molecule has 0 heterocycles. The summed E-state index contributed by atoms with van der Waals surface area (Å²) in [5, 5.41) is 14.3. The van der Waals surface area contributed by atoms with Crippen molar-refractivity contribution in [1.29, 1.82) is 0 Å². The number of carbonyl (C=O) groups excluding carboxylic acids is 1. The molecule has 106 valence electrons. The zero-order valence-corrected chi connectivity index (χ0v) is 12.7. The molecule has 0 fully saturated rings. The summed E-state index contributed by atoms with van der Waals surface area (Å²) in [6.45, 7) is 4.29. The monoisotopic (exact) mass is 330 g/mol. The Hall–Kier alpha value is -1.27. The zero-order valence-electron chi connectivity index (χ0n) is 11.1. The molecule has 0 aliphatic rings. The third kappa shape index (κ3) is 5.48. The Kier molecular flexibility index (Phi) is 6.66. The fourth-order valence-electron chi connectivity index (χ4n) is 1.53. The lowest BCUT2D eigenvalue weighted by Crippen LogP contribution is -2.36. The van der Waals surface area contributed by atoms with Gasteiger partial charge in [-0.3, -0.25) is 0 Å². The molecule has 1 rings (SSSR count). The summed E-state index contributed by atoms with van der Waals surface area (Å²) < 4.78 is 6.30. The van der Waals surface area contributed by atoms with E-state index in [-0.39, 0.29) is 18.7 Å². The van der Waals surface area contributed by atoms with E-state index in [1.165, 1.54) is 0 Å². The normalized spacial score (nSPS) is 11.8. The summed E-state index contributed by atoms with van der Waals surface area (Å²) in [7, 11) is 0. The van der Waals surface area contributed by atoms with Crippen molar-refractivity contribution in [2.75, 3.05) is 18.5 Å². The van der Waals surface area contributed by atoms with Gasteiger partial charge in [0.1, 0.15) is 5.75 Å². The van der Waals surface area contributed by atoms with Gasteiger partial charge in [0.15, 0.2) is 0 Å². The number of anilines is 1. The Morgan fingerprint density at radius 1 is 1.53 bits per heavy atom. The van der Waals surface area contributed by atoms with Crippen molar-refractivity contribution >= 4 is 27.6 Å². The average molecular weight is 331 g/mol. The van der Waals surface area contributed by atoms with Crippen LogP contribution in [0.1, 0.15) is 20.3 Å². The molecule has 0 spiro atoms. The van der Waals surface area contributed by atoms with Gasteiger partial charge in [0.25, 0.3) is 0 Å². The van der Waals surface area contributed by atoms with Crippen LogP contribution in [0, 0.1) is 0 Å². The number of ether oxygens (including phenoxy) is 1. The Morgan fingerprint density at radius 3 is 2.89 bits per heavy atom. The SMILES string of the molecule is CCOc1ccc(Br)cc1NC(=O)N[C@@H](C)CCO. The van der Waals surface area contributed by atoms with Crippen LogP contribution in [0.4, 0.5) is 10.5 Å². The van der Waals surface area contributed by atoms with Gasteiger partial charge in [-0.05, 0) is 38.5 Å². The second-order valence-corrected chi connectivity index (χ2v) is 5.00. The van der Waals surface area contributed by atoms with Gasteiger partial charge in [-0.1, -0.05) is 15.9 Å². The predicted molar refractivity (Wildman–Crippen MR) is 78.6 cm³/mol. The summed E-state index contributed by atoms with van der Waals surface area (Å²) in [6, 6.07) is 5.01. The minimum atomic E-state index is -0.319. The molecule has 6 heteroatoms. The Morgan fingerprint density at radius 2 is 2.26 bits per heavy atom. The number of amides is 2. The molecule has 5 nitrogen and oxygen atoms in total. The van der Waals surface area contributed by atoms with Crippen LogP contribution < -0.4 is 15.4 Å². The largest absolute Gasteiger partial charge is 0.492 e. The lowest BCUT2D eigenvalue weighted by atomic mass is 10.2.